The molecule has 3 N–H and O–H groups in total. The number of anilines is 2. The van der Waals surface area contributed by atoms with Crippen LogP contribution in [0.15, 0.2) is 47.5 Å². The van der Waals surface area contributed by atoms with Gasteiger partial charge in [-0.2, -0.15) is 0 Å². The van der Waals surface area contributed by atoms with E-state index in [0.29, 0.717) is 11.5 Å². The average Bonchev–Trinajstić information content (AvgIpc) is 2.32. The molecule has 1 heterocycles. The second-order valence-corrected chi connectivity index (χ2v) is 5.53. The van der Waals surface area contributed by atoms with E-state index in [-0.39, 0.29) is 4.90 Å². The van der Waals surface area contributed by atoms with Gasteiger partial charge in [0.2, 0.25) is 0 Å². The smallest absolute Gasteiger partial charge is 0.263 e. The summed E-state index contributed by atoms with van der Waals surface area (Å²) in [5.41, 5.74) is 6.72. The van der Waals surface area contributed by atoms with Crippen molar-refractivity contribution >= 4 is 21.5 Å². The van der Waals surface area contributed by atoms with E-state index in [1.165, 1.54) is 18.3 Å². The second kappa shape index (κ2) is 4.66. The number of hydrogen-bond acceptors (Lipinski definition) is 4. The summed E-state index contributed by atoms with van der Waals surface area (Å²) in [6.45, 7) is 1.78. The van der Waals surface area contributed by atoms with Crippen molar-refractivity contribution in [2.24, 2.45) is 0 Å². The number of rotatable bonds is 3. The summed E-state index contributed by atoms with van der Waals surface area (Å²) in [5.74, 6) is 0.319. The number of pyridine rings is 1. The van der Waals surface area contributed by atoms with Crippen molar-refractivity contribution in [2.45, 2.75) is 11.8 Å². The van der Waals surface area contributed by atoms with Crippen LogP contribution in [0.3, 0.4) is 0 Å². The zero-order valence-electron chi connectivity index (χ0n) is 9.79. The van der Waals surface area contributed by atoms with E-state index < -0.39 is 10.0 Å². The minimum absolute atomic E-state index is 0.118. The highest BCUT2D eigenvalue weighted by Crippen LogP contribution is 2.18. The molecule has 0 spiro atoms. The Hall–Kier alpha value is -2.08. The first kappa shape index (κ1) is 12.4. The Bertz CT molecular complexity index is 669. The monoisotopic (exact) mass is 263 g/mol. The van der Waals surface area contributed by atoms with Gasteiger partial charge in [0.25, 0.3) is 10.0 Å². The maximum absolute atomic E-state index is 12.1. The number of aromatic nitrogens is 1. The molecule has 0 aliphatic heterocycles. The van der Waals surface area contributed by atoms with E-state index in [0.717, 1.165) is 5.56 Å². The van der Waals surface area contributed by atoms with Crippen LogP contribution in [-0.2, 0) is 10.0 Å². The maximum Gasteiger partial charge on any atom is 0.263 e. The first-order valence-corrected chi connectivity index (χ1v) is 6.77. The summed E-state index contributed by atoms with van der Waals surface area (Å²) in [4.78, 5) is 4.11. The van der Waals surface area contributed by atoms with Crippen LogP contribution >= 0.6 is 0 Å². The van der Waals surface area contributed by atoms with Crippen molar-refractivity contribution in [1.29, 1.82) is 0 Å². The molecular formula is C12H13N3O2S. The van der Waals surface area contributed by atoms with Gasteiger partial charge in [-0.3, -0.25) is 4.72 Å². The molecule has 0 fully saturated rings. The van der Waals surface area contributed by atoms with Crippen LogP contribution < -0.4 is 10.5 Å². The molecule has 0 radical (unpaired) electrons. The standard InChI is InChI=1S/C12H13N3O2S/c1-9-4-3-7-14-12(9)15-18(16,17)11-6-2-5-10(13)8-11/h2-8H,13H2,1H3,(H,14,15). The third-order valence-electron chi connectivity index (χ3n) is 2.41. The number of nitrogens with two attached hydrogens (primary N) is 1. The molecule has 1 aromatic heterocycles. The number of nitrogens with zero attached hydrogens (tertiary/aromatic N) is 1. The molecule has 0 saturated heterocycles. The van der Waals surface area contributed by atoms with Crippen molar-refractivity contribution in [3.63, 3.8) is 0 Å². The quantitative estimate of drug-likeness (QED) is 0.826. The number of hydrogen-bond donors (Lipinski definition) is 2. The molecule has 0 bridgehead atoms. The molecule has 6 heteroatoms. The van der Waals surface area contributed by atoms with Crippen molar-refractivity contribution in [3.05, 3.63) is 48.2 Å². The predicted octanol–water partition coefficient (Wildman–Crippen LogP) is 1.77. The van der Waals surface area contributed by atoms with Crippen LogP contribution in [0.5, 0.6) is 0 Å². The third-order valence-corrected chi connectivity index (χ3v) is 3.75. The molecule has 0 aliphatic carbocycles. The fourth-order valence-corrected chi connectivity index (χ4v) is 2.60. The normalized spacial score (nSPS) is 11.2. The first-order valence-electron chi connectivity index (χ1n) is 5.29. The third kappa shape index (κ3) is 2.60. The number of sulfonamides is 1. The van der Waals surface area contributed by atoms with E-state index in [2.05, 4.69) is 9.71 Å². The van der Waals surface area contributed by atoms with Gasteiger partial charge in [-0.15, -0.1) is 0 Å². The molecule has 5 nitrogen and oxygen atoms in total. The number of aryl methyl sites for hydroxylation is 1. The van der Waals surface area contributed by atoms with Gasteiger partial charge in [-0.25, -0.2) is 13.4 Å². The van der Waals surface area contributed by atoms with E-state index in [9.17, 15) is 8.42 Å². The molecular weight excluding hydrogens is 250 g/mol. The number of nitrogen functional groups attached to an aromatic ring is 1. The Morgan fingerprint density at radius 2 is 2.00 bits per heavy atom. The van der Waals surface area contributed by atoms with Gasteiger partial charge in [-0.1, -0.05) is 12.1 Å². The molecule has 0 saturated carbocycles. The summed E-state index contributed by atoms with van der Waals surface area (Å²) in [5, 5.41) is 0. The molecule has 0 unspecified atom stereocenters. The lowest BCUT2D eigenvalue weighted by Crippen LogP contribution is -2.14. The Balaban J connectivity index is 2.37. The van der Waals surface area contributed by atoms with E-state index in [1.54, 1.807) is 31.2 Å². The lowest BCUT2D eigenvalue weighted by atomic mass is 10.3. The van der Waals surface area contributed by atoms with Crippen molar-refractivity contribution < 1.29 is 8.42 Å². The lowest BCUT2D eigenvalue weighted by Gasteiger charge is -2.09. The van der Waals surface area contributed by atoms with Crippen molar-refractivity contribution in [2.75, 3.05) is 10.5 Å². The maximum atomic E-state index is 12.1. The van der Waals surface area contributed by atoms with Crippen molar-refractivity contribution in [3.8, 4) is 0 Å². The topological polar surface area (TPSA) is 85.1 Å². The minimum atomic E-state index is -3.65. The Morgan fingerprint density at radius 1 is 1.22 bits per heavy atom. The van der Waals surface area contributed by atoms with Crippen LogP contribution in [0.4, 0.5) is 11.5 Å². The minimum Gasteiger partial charge on any atom is -0.399 e. The summed E-state index contributed by atoms with van der Waals surface area (Å²) in [7, 11) is -3.65. The van der Waals surface area contributed by atoms with E-state index >= 15 is 0 Å². The molecule has 1 aromatic carbocycles. The molecule has 94 valence electrons. The second-order valence-electron chi connectivity index (χ2n) is 3.85. The van der Waals surface area contributed by atoms with Crippen LogP contribution in [0.2, 0.25) is 0 Å². The number of benzene rings is 1. The van der Waals surface area contributed by atoms with Crippen LogP contribution in [0.1, 0.15) is 5.56 Å². The van der Waals surface area contributed by atoms with Gasteiger partial charge in [0.05, 0.1) is 4.90 Å². The van der Waals surface area contributed by atoms with Gasteiger partial charge in [0.15, 0.2) is 0 Å². The van der Waals surface area contributed by atoms with Gasteiger partial charge in [0, 0.05) is 11.9 Å². The Labute approximate surface area is 106 Å². The Kier molecular flexibility index (Phi) is 3.20. The fourth-order valence-electron chi connectivity index (χ4n) is 1.46. The summed E-state index contributed by atoms with van der Waals surface area (Å²) in [6, 6.07) is 9.63. The van der Waals surface area contributed by atoms with Gasteiger partial charge < -0.3 is 5.73 Å². The predicted molar refractivity (Wildman–Crippen MR) is 70.6 cm³/mol. The summed E-state index contributed by atoms with van der Waals surface area (Å²) in [6.07, 6.45) is 1.53. The zero-order valence-corrected chi connectivity index (χ0v) is 10.6. The van der Waals surface area contributed by atoms with Crippen LogP contribution in [-0.4, -0.2) is 13.4 Å². The Morgan fingerprint density at radius 3 is 2.67 bits per heavy atom. The van der Waals surface area contributed by atoms with Gasteiger partial charge in [0.1, 0.15) is 5.82 Å². The number of nitrogens with one attached hydrogen (secondary N) is 1. The van der Waals surface area contributed by atoms with E-state index in [1.807, 2.05) is 0 Å². The molecule has 18 heavy (non-hydrogen) atoms. The largest absolute Gasteiger partial charge is 0.399 e. The van der Waals surface area contributed by atoms with E-state index in [4.69, 9.17) is 5.73 Å². The molecule has 0 aliphatic rings. The van der Waals surface area contributed by atoms with Gasteiger partial charge in [-0.05, 0) is 36.8 Å². The van der Waals surface area contributed by atoms with Crippen molar-refractivity contribution in [1.82, 2.24) is 4.98 Å². The average molecular weight is 263 g/mol. The SMILES string of the molecule is Cc1cccnc1NS(=O)(=O)c1cccc(N)c1. The molecule has 2 rings (SSSR count). The highest BCUT2D eigenvalue weighted by molar-refractivity contribution is 7.92. The summed E-state index contributed by atoms with van der Waals surface area (Å²) < 4.78 is 26.6. The van der Waals surface area contributed by atoms with Crippen LogP contribution in [0, 0.1) is 6.92 Å². The fraction of sp³-hybridized carbons (Fsp3) is 0.0833. The first-order chi connectivity index (χ1) is 8.49. The highest BCUT2D eigenvalue weighted by Gasteiger charge is 2.15. The van der Waals surface area contributed by atoms with Crippen LogP contribution in [0.25, 0.3) is 0 Å². The summed E-state index contributed by atoms with van der Waals surface area (Å²) >= 11 is 0. The molecule has 2 aromatic rings. The lowest BCUT2D eigenvalue weighted by molar-refractivity contribution is 0.601. The molecule has 0 amide bonds. The zero-order chi connectivity index (χ0) is 13.2. The molecule has 0 atom stereocenters. The van der Waals surface area contributed by atoms with Gasteiger partial charge >= 0.3 is 0 Å². The highest BCUT2D eigenvalue weighted by atomic mass is 32.2.